The van der Waals surface area contributed by atoms with Crippen LogP contribution >= 0.6 is 0 Å². The molecule has 0 saturated heterocycles. The van der Waals surface area contributed by atoms with Crippen molar-refractivity contribution >= 4 is 28.4 Å². The van der Waals surface area contributed by atoms with Crippen molar-refractivity contribution in [3.05, 3.63) is 54.2 Å². The van der Waals surface area contributed by atoms with Crippen LogP contribution in [0.1, 0.15) is 30.8 Å². The van der Waals surface area contributed by atoms with Crippen molar-refractivity contribution in [2.75, 3.05) is 38.6 Å². The lowest BCUT2D eigenvalue weighted by Gasteiger charge is -2.18. The Morgan fingerprint density at radius 3 is 2.30 bits per heavy atom. The first kappa shape index (κ1) is 21.5. The zero-order chi connectivity index (χ0) is 21.3. The second kappa shape index (κ2) is 10.5. The van der Waals surface area contributed by atoms with E-state index in [1.54, 1.807) is 7.11 Å². The summed E-state index contributed by atoms with van der Waals surface area (Å²) in [5.74, 6) is 0.959. The summed E-state index contributed by atoms with van der Waals surface area (Å²) in [6.07, 6.45) is 0.885. The highest BCUT2D eigenvalue weighted by atomic mass is 16.5. The molecule has 3 rings (SSSR count). The van der Waals surface area contributed by atoms with Crippen molar-refractivity contribution < 1.29 is 9.53 Å². The number of anilines is 2. The van der Waals surface area contributed by atoms with Crippen LogP contribution in [0.5, 0.6) is 5.75 Å². The molecule has 2 aromatic carbocycles. The lowest BCUT2D eigenvalue weighted by Crippen LogP contribution is -2.30. The standard InChI is InChI=1S/C23H29N5O2/c1-4-28(5-2)16-8-15-24-23(29)21-22(25-17-11-13-18(30-3)14-12-17)27-20-10-7-6-9-19(20)26-21/h6-7,9-14H,4-5,8,15-16H2,1-3H3,(H,24,29)(H,25,27). The summed E-state index contributed by atoms with van der Waals surface area (Å²) in [6, 6.07) is 15.0. The molecule has 0 aliphatic rings. The molecule has 1 amide bonds. The van der Waals surface area contributed by atoms with Gasteiger partial charge in [-0.3, -0.25) is 4.79 Å². The van der Waals surface area contributed by atoms with E-state index in [0.29, 0.717) is 17.9 Å². The summed E-state index contributed by atoms with van der Waals surface area (Å²) in [5.41, 5.74) is 2.50. The fraction of sp³-hybridized carbons (Fsp3) is 0.348. The van der Waals surface area contributed by atoms with Gasteiger partial charge in [0.05, 0.1) is 18.1 Å². The van der Waals surface area contributed by atoms with Gasteiger partial charge in [0, 0.05) is 12.2 Å². The third-order valence-electron chi connectivity index (χ3n) is 4.97. The second-order valence-corrected chi connectivity index (χ2v) is 6.90. The molecule has 3 aromatic rings. The molecular formula is C23H29N5O2. The van der Waals surface area contributed by atoms with Crippen LogP contribution in [-0.2, 0) is 0 Å². The molecule has 1 heterocycles. The summed E-state index contributed by atoms with van der Waals surface area (Å²) >= 11 is 0. The minimum Gasteiger partial charge on any atom is -0.497 e. The SMILES string of the molecule is CCN(CC)CCCNC(=O)c1nc2ccccc2nc1Nc1ccc(OC)cc1. The van der Waals surface area contributed by atoms with Crippen molar-refractivity contribution in [3.63, 3.8) is 0 Å². The van der Waals surface area contributed by atoms with Crippen molar-refractivity contribution in [1.82, 2.24) is 20.2 Å². The Labute approximate surface area is 177 Å². The number of carbonyl (C=O) groups is 1. The number of para-hydroxylation sites is 2. The molecule has 0 unspecified atom stereocenters. The van der Waals surface area contributed by atoms with Gasteiger partial charge in [-0.25, -0.2) is 9.97 Å². The van der Waals surface area contributed by atoms with Crippen LogP contribution in [0.3, 0.4) is 0 Å². The molecule has 0 atom stereocenters. The Hall–Kier alpha value is -3.19. The van der Waals surface area contributed by atoms with Gasteiger partial charge in [-0.05, 0) is 62.5 Å². The van der Waals surface area contributed by atoms with Crippen LogP contribution < -0.4 is 15.4 Å². The highest BCUT2D eigenvalue weighted by Gasteiger charge is 2.17. The van der Waals surface area contributed by atoms with Gasteiger partial charge in [0.2, 0.25) is 0 Å². The average molecular weight is 408 g/mol. The maximum atomic E-state index is 12.9. The first-order valence-corrected chi connectivity index (χ1v) is 10.3. The number of hydrogen-bond donors (Lipinski definition) is 2. The van der Waals surface area contributed by atoms with Crippen molar-refractivity contribution in [2.24, 2.45) is 0 Å². The molecule has 0 bridgehead atoms. The average Bonchev–Trinajstić information content (AvgIpc) is 2.79. The van der Waals surface area contributed by atoms with E-state index >= 15 is 0 Å². The molecule has 0 radical (unpaired) electrons. The number of carbonyl (C=O) groups excluding carboxylic acids is 1. The Morgan fingerprint density at radius 2 is 1.67 bits per heavy atom. The fourth-order valence-corrected chi connectivity index (χ4v) is 3.18. The number of hydrogen-bond acceptors (Lipinski definition) is 6. The van der Waals surface area contributed by atoms with Crippen LogP contribution in [0.15, 0.2) is 48.5 Å². The smallest absolute Gasteiger partial charge is 0.273 e. The van der Waals surface area contributed by atoms with E-state index in [-0.39, 0.29) is 11.6 Å². The maximum absolute atomic E-state index is 12.9. The van der Waals surface area contributed by atoms with E-state index in [1.165, 1.54) is 0 Å². The molecule has 30 heavy (non-hydrogen) atoms. The fourth-order valence-electron chi connectivity index (χ4n) is 3.18. The Balaban J connectivity index is 1.78. The molecule has 0 fully saturated rings. The zero-order valence-corrected chi connectivity index (χ0v) is 17.8. The predicted octanol–water partition coefficient (Wildman–Crippen LogP) is 3.84. The quantitative estimate of drug-likeness (QED) is 0.497. The summed E-state index contributed by atoms with van der Waals surface area (Å²) in [6.45, 7) is 7.85. The van der Waals surface area contributed by atoms with Crippen molar-refractivity contribution in [2.45, 2.75) is 20.3 Å². The third kappa shape index (κ3) is 5.45. The van der Waals surface area contributed by atoms with Crippen LogP contribution in [0, 0.1) is 0 Å². The molecule has 0 spiro atoms. The molecule has 0 aliphatic carbocycles. The summed E-state index contributed by atoms with van der Waals surface area (Å²) < 4.78 is 5.20. The van der Waals surface area contributed by atoms with E-state index in [0.717, 1.165) is 43.0 Å². The maximum Gasteiger partial charge on any atom is 0.273 e. The first-order valence-electron chi connectivity index (χ1n) is 10.3. The van der Waals surface area contributed by atoms with Gasteiger partial charge in [0.1, 0.15) is 5.75 Å². The Bertz CT molecular complexity index is 971. The third-order valence-corrected chi connectivity index (χ3v) is 4.97. The van der Waals surface area contributed by atoms with Crippen molar-refractivity contribution in [3.8, 4) is 5.75 Å². The van der Waals surface area contributed by atoms with Gasteiger partial charge in [0.15, 0.2) is 11.5 Å². The number of benzene rings is 2. The predicted molar refractivity (Wildman–Crippen MR) is 121 cm³/mol. The highest BCUT2D eigenvalue weighted by Crippen LogP contribution is 2.23. The Morgan fingerprint density at radius 1 is 1.00 bits per heavy atom. The topological polar surface area (TPSA) is 79.4 Å². The van der Waals surface area contributed by atoms with Gasteiger partial charge in [-0.2, -0.15) is 0 Å². The second-order valence-electron chi connectivity index (χ2n) is 6.90. The minimum atomic E-state index is -0.233. The monoisotopic (exact) mass is 407 g/mol. The van der Waals surface area contributed by atoms with E-state index in [2.05, 4.69) is 39.3 Å². The first-order chi connectivity index (χ1) is 14.6. The minimum absolute atomic E-state index is 0.233. The van der Waals surface area contributed by atoms with Crippen LogP contribution in [0.4, 0.5) is 11.5 Å². The van der Waals surface area contributed by atoms with Gasteiger partial charge < -0.3 is 20.3 Å². The summed E-state index contributed by atoms with van der Waals surface area (Å²) in [5, 5.41) is 6.21. The zero-order valence-electron chi connectivity index (χ0n) is 17.8. The number of ether oxygens (including phenoxy) is 1. The van der Waals surface area contributed by atoms with Crippen LogP contribution in [0.25, 0.3) is 11.0 Å². The molecule has 0 saturated carbocycles. The number of amides is 1. The van der Waals surface area contributed by atoms with Crippen LogP contribution in [-0.4, -0.2) is 54.1 Å². The number of fused-ring (bicyclic) bond motifs is 1. The molecule has 7 nitrogen and oxygen atoms in total. The summed E-state index contributed by atoms with van der Waals surface area (Å²) in [7, 11) is 1.62. The van der Waals surface area contributed by atoms with Gasteiger partial charge >= 0.3 is 0 Å². The summed E-state index contributed by atoms with van der Waals surface area (Å²) in [4.78, 5) is 24.5. The van der Waals surface area contributed by atoms with Gasteiger partial charge in [-0.1, -0.05) is 26.0 Å². The van der Waals surface area contributed by atoms with Gasteiger partial charge in [0.25, 0.3) is 5.91 Å². The highest BCUT2D eigenvalue weighted by molar-refractivity contribution is 5.99. The van der Waals surface area contributed by atoms with E-state index < -0.39 is 0 Å². The molecule has 2 N–H and O–H groups in total. The van der Waals surface area contributed by atoms with Crippen molar-refractivity contribution in [1.29, 1.82) is 0 Å². The molecule has 0 aliphatic heterocycles. The normalized spacial score (nSPS) is 10.9. The van der Waals surface area contributed by atoms with Crippen LogP contribution in [0.2, 0.25) is 0 Å². The van der Waals surface area contributed by atoms with E-state index in [4.69, 9.17) is 4.74 Å². The van der Waals surface area contributed by atoms with Gasteiger partial charge in [-0.15, -0.1) is 0 Å². The Kier molecular flexibility index (Phi) is 7.57. The largest absolute Gasteiger partial charge is 0.497 e. The molecular weight excluding hydrogens is 378 g/mol. The number of nitrogens with one attached hydrogen (secondary N) is 2. The number of nitrogens with zero attached hydrogens (tertiary/aromatic N) is 3. The molecule has 1 aromatic heterocycles. The number of methoxy groups -OCH3 is 1. The number of rotatable bonds is 10. The van der Waals surface area contributed by atoms with E-state index in [9.17, 15) is 4.79 Å². The number of aromatic nitrogens is 2. The molecule has 7 heteroatoms. The lowest BCUT2D eigenvalue weighted by molar-refractivity contribution is 0.0948. The molecule has 158 valence electrons. The lowest BCUT2D eigenvalue weighted by atomic mass is 10.2. The van der Waals surface area contributed by atoms with E-state index in [1.807, 2.05) is 48.5 Å².